The number of aliphatic hydroxyl groups is 1. The molecule has 4 rings (SSSR count). The fourth-order valence-corrected chi connectivity index (χ4v) is 4.79. The Balaban J connectivity index is 1.93. The van der Waals surface area contributed by atoms with Gasteiger partial charge in [0.2, 0.25) is 0 Å². The summed E-state index contributed by atoms with van der Waals surface area (Å²) in [5, 5.41) is 13.0. The molecule has 33 heavy (non-hydrogen) atoms. The first-order valence-electron chi connectivity index (χ1n) is 10.2. The maximum absolute atomic E-state index is 14.7. The van der Waals surface area contributed by atoms with Crippen LogP contribution >= 0.6 is 11.3 Å². The first-order chi connectivity index (χ1) is 15.7. The van der Waals surface area contributed by atoms with E-state index in [0.29, 0.717) is 22.3 Å². The van der Waals surface area contributed by atoms with Crippen molar-refractivity contribution >= 4 is 34.5 Å². The Morgan fingerprint density at radius 1 is 1.12 bits per heavy atom. The number of anilines is 1. The summed E-state index contributed by atoms with van der Waals surface area (Å²) in [5.41, 5.74) is 0.742. The van der Waals surface area contributed by atoms with Crippen molar-refractivity contribution in [1.82, 2.24) is 0 Å². The lowest BCUT2D eigenvalue weighted by atomic mass is 9.95. The van der Waals surface area contributed by atoms with Gasteiger partial charge in [-0.1, -0.05) is 19.9 Å². The molecule has 1 aliphatic heterocycles. The quantitative estimate of drug-likeness (QED) is 0.292. The minimum Gasteiger partial charge on any atom is -0.507 e. The predicted octanol–water partition coefficient (Wildman–Crippen LogP) is 5.78. The van der Waals surface area contributed by atoms with Crippen molar-refractivity contribution in [2.24, 2.45) is 0 Å². The van der Waals surface area contributed by atoms with E-state index in [2.05, 4.69) is 0 Å². The van der Waals surface area contributed by atoms with Crippen LogP contribution in [0, 0.1) is 11.6 Å². The molecular formula is C25H21F2NO4S. The molecule has 0 spiro atoms. The summed E-state index contributed by atoms with van der Waals surface area (Å²) in [6, 6.07) is 10.1. The number of Topliss-reactive ketones (excluding diaryl/α,β-unsaturated/α-hetero) is 1. The highest BCUT2D eigenvalue weighted by Crippen LogP contribution is 2.44. The van der Waals surface area contributed by atoms with Crippen molar-refractivity contribution in [2.75, 3.05) is 12.0 Å². The molecule has 0 bridgehead atoms. The SMILES string of the molecule is COc1ccc(/C(O)=C2/C(=O)C(=O)N(c3ccc(F)cc3F)C2c2cccs2)cc1C(C)C. The van der Waals surface area contributed by atoms with Crippen molar-refractivity contribution in [3.05, 3.63) is 87.1 Å². The number of ether oxygens (including phenoxy) is 1. The van der Waals surface area contributed by atoms with E-state index in [0.717, 1.165) is 22.6 Å². The zero-order valence-corrected chi connectivity index (χ0v) is 19.0. The minimum absolute atomic E-state index is 0.0662. The van der Waals surface area contributed by atoms with E-state index in [1.165, 1.54) is 11.3 Å². The zero-order valence-electron chi connectivity index (χ0n) is 18.1. The molecule has 1 saturated heterocycles. The van der Waals surface area contributed by atoms with Gasteiger partial charge in [-0.2, -0.15) is 0 Å². The van der Waals surface area contributed by atoms with Crippen molar-refractivity contribution in [2.45, 2.75) is 25.8 Å². The second kappa shape index (κ2) is 8.78. The van der Waals surface area contributed by atoms with Crippen LogP contribution in [0.1, 0.15) is 41.8 Å². The van der Waals surface area contributed by atoms with Gasteiger partial charge in [-0.05, 0) is 53.3 Å². The number of carbonyl (C=O) groups is 2. The summed E-state index contributed by atoms with van der Waals surface area (Å²) in [7, 11) is 1.54. The molecular weight excluding hydrogens is 448 g/mol. The van der Waals surface area contributed by atoms with Crippen molar-refractivity contribution < 1.29 is 28.2 Å². The molecule has 0 saturated carbocycles. The molecule has 0 radical (unpaired) electrons. The number of hydrogen-bond acceptors (Lipinski definition) is 5. The maximum atomic E-state index is 14.7. The van der Waals surface area contributed by atoms with Gasteiger partial charge >= 0.3 is 0 Å². The monoisotopic (exact) mass is 469 g/mol. The van der Waals surface area contributed by atoms with Crippen LogP contribution in [0.3, 0.4) is 0 Å². The zero-order chi connectivity index (χ0) is 23.9. The predicted molar refractivity (Wildman–Crippen MR) is 123 cm³/mol. The van der Waals surface area contributed by atoms with Crippen LogP contribution < -0.4 is 9.64 Å². The summed E-state index contributed by atoms with van der Waals surface area (Å²) >= 11 is 1.25. The van der Waals surface area contributed by atoms with E-state index >= 15 is 0 Å². The fourth-order valence-electron chi connectivity index (χ4n) is 3.96. The van der Waals surface area contributed by atoms with Gasteiger partial charge in [-0.25, -0.2) is 8.78 Å². The summed E-state index contributed by atoms with van der Waals surface area (Å²) in [6.45, 7) is 3.92. The Hall–Kier alpha value is -3.52. The lowest BCUT2D eigenvalue weighted by Crippen LogP contribution is -2.30. The molecule has 2 heterocycles. The smallest absolute Gasteiger partial charge is 0.300 e. The highest BCUT2D eigenvalue weighted by atomic mass is 32.1. The minimum atomic E-state index is -1.06. The first kappa shape index (κ1) is 22.7. The number of hydrogen-bond donors (Lipinski definition) is 1. The maximum Gasteiger partial charge on any atom is 0.300 e. The number of carbonyl (C=O) groups excluding carboxylic acids is 2. The van der Waals surface area contributed by atoms with Gasteiger partial charge in [0.15, 0.2) is 0 Å². The second-order valence-corrected chi connectivity index (χ2v) is 8.87. The van der Waals surface area contributed by atoms with Gasteiger partial charge in [0, 0.05) is 16.5 Å². The fraction of sp³-hybridized carbons (Fsp3) is 0.200. The molecule has 5 nitrogen and oxygen atoms in total. The summed E-state index contributed by atoms with van der Waals surface area (Å²) in [5.74, 6) is -3.41. The number of nitrogens with zero attached hydrogens (tertiary/aromatic N) is 1. The van der Waals surface area contributed by atoms with Gasteiger partial charge in [0.05, 0.1) is 18.4 Å². The third-order valence-corrected chi connectivity index (χ3v) is 6.48. The molecule has 1 amide bonds. The number of rotatable bonds is 5. The first-order valence-corrected chi connectivity index (χ1v) is 11.1. The number of aliphatic hydroxyl groups excluding tert-OH is 1. The lowest BCUT2D eigenvalue weighted by molar-refractivity contribution is -0.132. The standard InChI is InChI=1S/C25H21F2NO4S/c1-13(2)16-11-14(6-9-19(16)32-3)23(29)21-22(20-5-4-10-33-20)28(25(31)24(21)30)18-8-7-15(26)12-17(18)27/h4-13,22,29H,1-3H3/b23-21-. The summed E-state index contributed by atoms with van der Waals surface area (Å²) in [6.07, 6.45) is 0. The average Bonchev–Trinajstić information content (AvgIpc) is 3.40. The molecule has 8 heteroatoms. The van der Waals surface area contributed by atoms with E-state index < -0.39 is 29.4 Å². The molecule has 1 fully saturated rings. The summed E-state index contributed by atoms with van der Waals surface area (Å²) < 4.78 is 33.5. The Bertz CT molecular complexity index is 1270. The van der Waals surface area contributed by atoms with Gasteiger partial charge < -0.3 is 9.84 Å². The van der Waals surface area contributed by atoms with E-state index in [1.54, 1.807) is 42.8 Å². The van der Waals surface area contributed by atoms with Gasteiger partial charge in [-0.3, -0.25) is 14.5 Å². The molecule has 2 aromatic carbocycles. The Labute approximate surface area is 193 Å². The highest BCUT2D eigenvalue weighted by Gasteiger charge is 2.48. The highest BCUT2D eigenvalue weighted by molar-refractivity contribution is 7.10. The number of ketones is 1. The van der Waals surface area contributed by atoms with E-state index in [1.807, 2.05) is 13.8 Å². The molecule has 1 N–H and O–H groups in total. The molecule has 170 valence electrons. The number of methoxy groups -OCH3 is 1. The number of amides is 1. The van der Waals surface area contributed by atoms with Gasteiger partial charge in [-0.15, -0.1) is 11.3 Å². The normalized spacial score (nSPS) is 17.8. The second-order valence-electron chi connectivity index (χ2n) is 7.89. The third-order valence-electron chi connectivity index (χ3n) is 5.55. The van der Waals surface area contributed by atoms with Crippen LogP contribution in [-0.4, -0.2) is 23.9 Å². The van der Waals surface area contributed by atoms with Crippen molar-refractivity contribution in [3.63, 3.8) is 0 Å². The summed E-state index contributed by atoms with van der Waals surface area (Å²) in [4.78, 5) is 27.7. The Morgan fingerprint density at radius 3 is 2.48 bits per heavy atom. The van der Waals surface area contributed by atoms with Crippen LogP contribution in [0.2, 0.25) is 0 Å². The van der Waals surface area contributed by atoms with Crippen LogP contribution in [0.4, 0.5) is 14.5 Å². The molecule has 3 aromatic rings. The topological polar surface area (TPSA) is 66.8 Å². The van der Waals surface area contributed by atoms with Gasteiger partial charge in [0.1, 0.15) is 29.2 Å². The van der Waals surface area contributed by atoms with E-state index in [4.69, 9.17) is 4.74 Å². The van der Waals surface area contributed by atoms with Crippen molar-refractivity contribution in [1.29, 1.82) is 0 Å². The number of benzene rings is 2. The lowest BCUT2D eigenvalue weighted by Gasteiger charge is -2.24. The molecule has 1 aliphatic rings. The van der Waals surface area contributed by atoms with Crippen LogP contribution in [0.5, 0.6) is 5.75 Å². The van der Waals surface area contributed by atoms with Crippen LogP contribution in [0.25, 0.3) is 5.76 Å². The van der Waals surface area contributed by atoms with E-state index in [9.17, 15) is 23.5 Å². The molecule has 0 aliphatic carbocycles. The van der Waals surface area contributed by atoms with Crippen LogP contribution in [0.15, 0.2) is 59.5 Å². The largest absolute Gasteiger partial charge is 0.507 e. The third kappa shape index (κ3) is 3.91. The van der Waals surface area contributed by atoms with E-state index in [-0.39, 0.29) is 22.9 Å². The molecule has 1 unspecified atom stereocenters. The molecule has 1 aromatic heterocycles. The van der Waals surface area contributed by atoms with Gasteiger partial charge in [0.25, 0.3) is 11.7 Å². The number of thiophene rings is 1. The average molecular weight is 470 g/mol. The Morgan fingerprint density at radius 2 is 1.88 bits per heavy atom. The Kier molecular flexibility index (Phi) is 6.03. The van der Waals surface area contributed by atoms with Crippen molar-refractivity contribution in [3.8, 4) is 5.75 Å². The van der Waals surface area contributed by atoms with Crippen LogP contribution in [-0.2, 0) is 9.59 Å². The number of halogens is 2. The molecule has 1 atom stereocenters.